The molecule has 0 bridgehead atoms. The molecule has 3 unspecified atom stereocenters. The molecule has 4 heterocycles. The van der Waals surface area contributed by atoms with Gasteiger partial charge in [0, 0.05) is 31.0 Å². The van der Waals surface area contributed by atoms with Crippen molar-refractivity contribution in [3.05, 3.63) is 47.1 Å². The van der Waals surface area contributed by atoms with Gasteiger partial charge in [-0.05, 0) is 29.0 Å². The number of anilines is 1. The molecule has 23 nitrogen and oxygen atoms in total. The Hall–Kier alpha value is -1.27. The zero-order valence-electron chi connectivity index (χ0n) is 29.8. The third-order valence-corrected chi connectivity index (χ3v) is 11.1. The van der Waals surface area contributed by atoms with Gasteiger partial charge in [0.05, 0.1) is 31.9 Å². The first-order chi connectivity index (χ1) is 25.5. The van der Waals surface area contributed by atoms with Crippen LogP contribution in [0.2, 0.25) is 0 Å². The van der Waals surface area contributed by atoms with E-state index in [-0.39, 0.29) is 71.4 Å². The van der Waals surface area contributed by atoms with Crippen molar-refractivity contribution in [2.24, 2.45) is 0 Å². The second-order valence-corrected chi connectivity index (χ2v) is 15.5. The predicted octanol–water partition coefficient (Wildman–Crippen LogP) is -11.9. The molecule has 2 amide bonds. The van der Waals surface area contributed by atoms with Crippen LogP contribution in [-0.4, -0.2) is 143 Å². The number of rotatable bonds is 18. The Bertz CT molecular complexity index is 1730. The number of nitrogens with two attached hydrogens (primary N) is 1. The number of carbonyl (C=O) groups excluding carboxylic acids is 3. The number of nitrogens with zero attached hydrogens (tertiary/aromatic N) is 3. The molecule has 2 aromatic heterocycles. The van der Waals surface area contributed by atoms with Crippen LogP contribution in [0.3, 0.4) is 0 Å². The Balaban J connectivity index is 0.00000541. The number of amides is 2. The monoisotopic (exact) mass is 870 g/mol. The molecule has 0 aliphatic carbocycles. The van der Waals surface area contributed by atoms with Gasteiger partial charge in [-0.15, -0.1) is 0 Å². The van der Waals surface area contributed by atoms with Gasteiger partial charge in [-0.25, -0.2) is 9.78 Å². The van der Waals surface area contributed by atoms with Crippen LogP contribution in [0.15, 0.2) is 46.5 Å². The molecule has 0 aromatic carbocycles. The first kappa shape index (κ1) is 50.9. The maximum absolute atomic E-state index is 12.9. The maximum Gasteiger partial charge on any atom is 1.00 e. The van der Waals surface area contributed by atoms with E-state index in [4.69, 9.17) is 15.2 Å². The fraction of sp³-hybridized carbons (Fsp3) is 0.571. The Morgan fingerprint density at radius 3 is 2.50 bits per heavy atom. The predicted molar refractivity (Wildman–Crippen MR) is 178 cm³/mol. The second-order valence-electron chi connectivity index (χ2n) is 11.8. The molecular weight excluding hydrogens is 833 g/mol. The smallest absolute Gasteiger partial charge is 0.756 e. The molecule has 300 valence electrons. The average molecular weight is 871 g/mol. The van der Waals surface area contributed by atoms with E-state index in [0.29, 0.717) is 5.75 Å². The second kappa shape index (κ2) is 22.9. The number of aromatic nitrogens is 3. The Morgan fingerprint density at radius 1 is 1.16 bits per heavy atom. The summed E-state index contributed by atoms with van der Waals surface area (Å²) < 4.78 is 33.7. The van der Waals surface area contributed by atoms with Crippen molar-refractivity contribution in [2.75, 3.05) is 31.2 Å². The van der Waals surface area contributed by atoms with Crippen LogP contribution < -0.4 is 91.2 Å². The zero-order valence-corrected chi connectivity index (χ0v) is 36.3. The number of aliphatic carboxylic acids is 1. The van der Waals surface area contributed by atoms with Crippen LogP contribution in [-0.2, 0) is 37.5 Å². The summed E-state index contributed by atoms with van der Waals surface area (Å²) in [5.41, 5.74) is 4.45. The summed E-state index contributed by atoms with van der Waals surface area (Å²) in [6.45, 7) is -2.97. The number of hydrogen-bond donors (Lipinski definition) is 9. The summed E-state index contributed by atoms with van der Waals surface area (Å²) in [4.78, 5) is 70.1. The van der Waals surface area contributed by atoms with Gasteiger partial charge in [0.2, 0.25) is 17.6 Å². The van der Waals surface area contributed by atoms with Gasteiger partial charge < -0.3 is 75.8 Å². The van der Waals surface area contributed by atoms with Gasteiger partial charge in [0.25, 0.3) is 7.82 Å². The summed E-state index contributed by atoms with van der Waals surface area (Å²) in [7, 11) is -3.25. The van der Waals surface area contributed by atoms with E-state index in [1.165, 1.54) is 27.7 Å². The molecule has 11 atom stereocenters. The van der Waals surface area contributed by atoms with E-state index in [1.54, 1.807) is 24.4 Å². The summed E-state index contributed by atoms with van der Waals surface area (Å²) in [5, 5.41) is 79.6. The number of hydrogen-bond acceptors (Lipinski definition) is 22. The minimum atomic E-state index is -5.91. The average Bonchev–Trinajstić information content (AvgIpc) is 3.41. The number of nitrogens with one attached hydrogen (secondary N) is 2. The molecule has 2 saturated heterocycles. The zero-order chi connectivity index (χ0) is 39.8. The SMILES string of the molecule is Nc1ccn([C@@H]2O[C@H](COP(=O)([O-])O[C@@]3(C(=O)[O-])CC(O)[C@@H](NC(=O)CNC(=O)CCSSc4ccccn4)[C@H](C(O)[C@H](O)CO)O3)[C@@H](O)[C@H]2O)c(=O)n1.[Na+].[Na+]. The Morgan fingerprint density at radius 2 is 1.88 bits per heavy atom. The third-order valence-electron chi connectivity index (χ3n) is 7.89. The number of nitrogen functional groups attached to an aromatic ring is 1. The quantitative estimate of drug-likeness (QED) is 0.0291. The van der Waals surface area contributed by atoms with Crippen LogP contribution in [0.25, 0.3) is 0 Å². The number of carbonyl (C=O) groups is 3. The van der Waals surface area contributed by atoms with Gasteiger partial charge >= 0.3 is 64.8 Å². The van der Waals surface area contributed by atoms with E-state index in [9.17, 15) is 64.4 Å². The minimum Gasteiger partial charge on any atom is -0.756 e. The van der Waals surface area contributed by atoms with E-state index < -0.39 is 118 Å². The number of aliphatic hydroxyl groups is 6. The molecule has 10 N–H and O–H groups in total. The van der Waals surface area contributed by atoms with Crippen molar-refractivity contribution in [2.45, 2.75) is 78.7 Å². The van der Waals surface area contributed by atoms with Gasteiger partial charge in [-0.2, -0.15) is 4.98 Å². The van der Waals surface area contributed by atoms with E-state index in [1.807, 2.05) is 0 Å². The fourth-order valence-electron chi connectivity index (χ4n) is 5.20. The van der Waals surface area contributed by atoms with Crippen molar-refractivity contribution >= 4 is 53.0 Å². The first-order valence-corrected chi connectivity index (χ1v) is 19.6. The van der Waals surface area contributed by atoms with Crippen molar-refractivity contribution in [1.29, 1.82) is 0 Å². The molecule has 2 aliphatic heterocycles. The summed E-state index contributed by atoms with van der Waals surface area (Å²) in [6, 6.07) is 4.70. The third kappa shape index (κ3) is 13.6. The van der Waals surface area contributed by atoms with Crippen molar-refractivity contribution in [1.82, 2.24) is 25.2 Å². The largest absolute Gasteiger partial charge is 1.00 e. The molecule has 28 heteroatoms. The van der Waals surface area contributed by atoms with Crippen LogP contribution >= 0.6 is 29.4 Å². The van der Waals surface area contributed by atoms with Crippen LogP contribution in [0.5, 0.6) is 0 Å². The molecule has 2 aliphatic rings. The maximum atomic E-state index is 12.9. The number of pyridine rings is 1. The van der Waals surface area contributed by atoms with Gasteiger partial charge in [-0.1, -0.05) is 16.9 Å². The number of carboxylic acid groups (broad SMARTS) is 1. The number of phosphoric ester groups is 1. The summed E-state index contributed by atoms with van der Waals surface area (Å²) in [6.07, 6.45) is -14.3. The van der Waals surface area contributed by atoms with Crippen LogP contribution in [0, 0.1) is 0 Å². The van der Waals surface area contributed by atoms with Crippen LogP contribution in [0.1, 0.15) is 19.1 Å². The molecule has 0 radical (unpaired) electrons. The molecule has 56 heavy (non-hydrogen) atoms. The summed E-state index contributed by atoms with van der Waals surface area (Å²) >= 11 is 0. The Labute approximate surface area is 369 Å². The number of ether oxygens (including phenoxy) is 2. The number of carboxylic acids is 1. The van der Waals surface area contributed by atoms with E-state index >= 15 is 0 Å². The first-order valence-electron chi connectivity index (χ1n) is 15.8. The fourth-order valence-corrected chi connectivity index (χ4v) is 8.01. The minimum absolute atomic E-state index is 0. The van der Waals surface area contributed by atoms with E-state index in [2.05, 4.69) is 29.6 Å². The molecule has 0 saturated carbocycles. The summed E-state index contributed by atoms with van der Waals surface area (Å²) in [5.74, 6) is -7.28. The van der Waals surface area contributed by atoms with Gasteiger partial charge in [-0.3, -0.25) is 23.2 Å². The normalized spacial score (nSPS) is 28.1. The number of aliphatic hydroxyl groups excluding tert-OH is 6. The molecular formula is C28H37N6Na2O17PS2. The molecule has 2 aromatic rings. The van der Waals surface area contributed by atoms with Crippen molar-refractivity contribution in [3.8, 4) is 0 Å². The molecule has 4 rings (SSSR count). The van der Waals surface area contributed by atoms with Crippen LogP contribution in [0.4, 0.5) is 5.82 Å². The Kier molecular flexibility index (Phi) is 20.8. The number of phosphoric acid groups is 1. The van der Waals surface area contributed by atoms with Crippen molar-refractivity contribution < 1.29 is 137 Å². The van der Waals surface area contributed by atoms with Gasteiger partial charge in [0.15, 0.2) is 6.23 Å². The molecule has 2 fully saturated rings. The molecule has 0 spiro atoms. The van der Waals surface area contributed by atoms with Gasteiger partial charge in [0.1, 0.15) is 53.4 Å². The standard InChI is InChI=1S/C28H39N6O17PS2.2Na/c29-16-4-7-34(27(45)32-16)25-23(42)22(41)15(49-25)12-48-52(46,47)51-28(26(43)44)9-13(36)20(24(50-28)21(40)14(37)11-35)33-18(39)10-31-17(38)5-8-53-54-19-3-1-2-6-30-19;;/h1-4,6-7,13-15,20-25,35-37,40-42H,5,8-12H2,(H,31,38)(H,33,39)(H,43,44)(H,46,47)(H2,29,32,45);;/q;2*+1/p-2/t13?,14-,15-,20-,21?,22-,23-,24-,25-,28-;;/m1../s1. The van der Waals surface area contributed by atoms with Crippen molar-refractivity contribution in [3.63, 3.8) is 0 Å². The van der Waals surface area contributed by atoms with E-state index in [0.717, 1.165) is 15.8 Å². The topological polar surface area (TPSA) is 371 Å².